The molecule has 0 fully saturated rings. The molecule has 48 heavy (non-hydrogen) atoms. The number of pyridine rings is 2. The summed E-state index contributed by atoms with van der Waals surface area (Å²) in [5.74, 6) is 0. The van der Waals surface area contributed by atoms with Gasteiger partial charge in [-0.25, -0.2) is 0 Å². The largest absolute Gasteiger partial charge is 0.305 e. The van der Waals surface area contributed by atoms with Crippen LogP contribution in [0.3, 0.4) is 0 Å². The number of hydrogen-bond donors (Lipinski definition) is 0. The van der Waals surface area contributed by atoms with Crippen LogP contribution in [0.15, 0.2) is 152 Å². The van der Waals surface area contributed by atoms with Gasteiger partial charge in [-0.05, 0) is 49.9 Å². The molecule has 0 aliphatic carbocycles. The van der Waals surface area contributed by atoms with Crippen molar-refractivity contribution in [3.63, 3.8) is 0 Å². The fourth-order valence-electron chi connectivity index (χ4n) is 5.73. The number of aromatic nitrogens is 2. The van der Waals surface area contributed by atoms with Gasteiger partial charge in [0.2, 0.25) is 0 Å². The molecule has 0 atom stereocenters. The first kappa shape index (κ1) is 33.4. The molecule has 2 nitrogen and oxygen atoms in total. The summed E-state index contributed by atoms with van der Waals surface area (Å²) in [5, 5.41) is 3.97. The SMILES string of the molecule is C[Si](C)(C)c1ccc(-c2[c-]cccc2)nc1.[Ir].[c-]1cc(-c2ccccc2)c2c(sc3ccccc32)c1-c1cc(-c2ccccc2)ccn1. The number of nitrogens with zero attached hydrogens (tertiary/aromatic N) is 2. The molecule has 0 unspecified atom stereocenters. The van der Waals surface area contributed by atoms with Gasteiger partial charge >= 0.3 is 0 Å². The molecule has 5 aromatic carbocycles. The second kappa shape index (κ2) is 14.7. The third-order valence-electron chi connectivity index (χ3n) is 8.28. The van der Waals surface area contributed by atoms with Gasteiger partial charge in [0.1, 0.15) is 0 Å². The van der Waals surface area contributed by atoms with Crippen LogP contribution in [-0.4, -0.2) is 18.0 Å². The number of thiophene rings is 1. The Kier molecular flexibility index (Phi) is 10.2. The average Bonchev–Trinajstić information content (AvgIpc) is 3.52. The van der Waals surface area contributed by atoms with E-state index in [0.29, 0.717) is 0 Å². The van der Waals surface area contributed by atoms with E-state index >= 15 is 0 Å². The maximum Gasteiger partial charge on any atom is 0.0795 e. The van der Waals surface area contributed by atoms with Crippen molar-refractivity contribution in [3.05, 3.63) is 164 Å². The van der Waals surface area contributed by atoms with E-state index in [1.165, 1.54) is 47.6 Å². The van der Waals surface area contributed by atoms with Gasteiger partial charge in [0.25, 0.3) is 0 Å². The van der Waals surface area contributed by atoms with Gasteiger partial charge in [0.15, 0.2) is 0 Å². The van der Waals surface area contributed by atoms with Crippen molar-refractivity contribution >= 4 is 44.8 Å². The normalized spacial score (nSPS) is 11.1. The summed E-state index contributed by atoms with van der Waals surface area (Å²) in [6, 6.07) is 55.1. The Morgan fingerprint density at radius 2 is 1.33 bits per heavy atom. The minimum absolute atomic E-state index is 0. The summed E-state index contributed by atoms with van der Waals surface area (Å²) in [6.07, 6.45) is 3.91. The molecule has 8 rings (SSSR count). The summed E-state index contributed by atoms with van der Waals surface area (Å²) >= 11 is 1.82. The zero-order valence-corrected chi connectivity index (χ0v) is 31.3. The van der Waals surface area contributed by atoms with E-state index in [1.807, 2.05) is 54.1 Å². The quantitative estimate of drug-likeness (QED) is 0.128. The molecule has 3 heterocycles. The molecular weight excluding hydrogens is 797 g/mol. The molecule has 0 aliphatic rings. The molecule has 1 radical (unpaired) electrons. The van der Waals surface area contributed by atoms with Gasteiger partial charge in [-0.15, -0.1) is 53.6 Å². The first-order valence-corrected chi connectivity index (χ1v) is 20.1. The van der Waals surface area contributed by atoms with Crippen LogP contribution in [0.2, 0.25) is 19.6 Å². The Labute approximate surface area is 301 Å². The standard InChI is InChI=1S/C29H18NS.C14H16NSi.Ir/c1-3-9-20(10-4-1)22-17-18-30-26(19-22)24-16-15-23(21-11-5-2-6-12-21)28-25-13-7-8-14-27(25)31-29(24)28;1-16(2,3)13-9-10-14(15-11-13)12-7-5-4-6-8-12;/h1-15,17-19H;4-7,9-11H,1-3H3;/q2*-1;. The van der Waals surface area contributed by atoms with Crippen LogP contribution in [-0.2, 0) is 20.1 Å². The van der Waals surface area contributed by atoms with E-state index in [4.69, 9.17) is 4.98 Å². The van der Waals surface area contributed by atoms with Crippen LogP contribution in [0, 0.1) is 12.1 Å². The van der Waals surface area contributed by atoms with Gasteiger partial charge < -0.3 is 9.97 Å². The predicted molar refractivity (Wildman–Crippen MR) is 204 cm³/mol. The molecule has 0 saturated heterocycles. The second-order valence-electron chi connectivity index (χ2n) is 12.5. The molecular formula is C43H34IrN2SSi-2. The summed E-state index contributed by atoms with van der Waals surface area (Å²) < 4.78 is 2.52. The van der Waals surface area contributed by atoms with E-state index in [2.05, 4.69) is 146 Å². The fraction of sp³-hybridized carbons (Fsp3) is 0.0698. The molecule has 0 bridgehead atoms. The number of benzene rings is 5. The van der Waals surface area contributed by atoms with Crippen molar-refractivity contribution in [2.24, 2.45) is 0 Å². The van der Waals surface area contributed by atoms with Crippen LogP contribution in [0.5, 0.6) is 0 Å². The van der Waals surface area contributed by atoms with Crippen molar-refractivity contribution in [1.29, 1.82) is 0 Å². The second-order valence-corrected chi connectivity index (χ2v) is 18.6. The van der Waals surface area contributed by atoms with Gasteiger partial charge in [-0.1, -0.05) is 133 Å². The monoisotopic (exact) mass is 831 g/mol. The van der Waals surface area contributed by atoms with Crippen molar-refractivity contribution in [3.8, 4) is 44.8 Å². The molecule has 0 aliphatic heterocycles. The maximum atomic E-state index is 4.73. The molecule has 8 aromatic rings. The van der Waals surface area contributed by atoms with Crippen molar-refractivity contribution < 1.29 is 20.1 Å². The zero-order valence-electron chi connectivity index (χ0n) is 27.1. The third-order valence-corrected chi connectivity index (χ3v) is 11.5. The van der Waals surface area contributed by atoms with Crippen molar-refractivity contribution in [2.45, 2.75) is 19.6 Å². The van der Waals surface area contributed by atoms with E-state index in [1.54, 1.807) is 0 Å². The minimum Gasteiger partial charge on any atom is -0.305 e. The number of fused-ring (bicyclic) bond motifs is 3. The van der Waals surface area contributed by atoms with Crippen LogP contribution in [0.4, 0.5) is 0 Å². The van der Waals surface area contributed by atoms with E-state index < -0.39 is 8.07 Å². The summed E-state index contributed by atoms with van der Waals surface area (Å²) in [6.45, 7) is 7.00. The topological polar surface area (TPSA) is 25.8 Å². The number of rotatable bonds is 5. The van der Waals surface area contributed by atoms with Gasteiger partial charge in [0, 0.05) is 37.2 Å². The van der Waals surface area contributed by atoms with Crippen LogP contribution < -0.4 is 5.19 Å². The summed E-state index contributed by atoms with van der Waals surface area (Å²) in [5.41, 5.74) is 8.87. The third kappa shape index (κ3) is 7.16. The maximum absolute atomic E-state index is 4.73. The Bertz CT molecular complexity index is 2260. The van der Waals surface area contributed by atoms with Gasteiger partial charge in [0.05, 0.1) is 8.07 Å². The molecule has 0 N–H and O–H groups in total. The van der Waals surface area contributed by atoms with Crippen LogP contribution in [0.25, 0.3) is 64.9 Å². The smallest absolute Gasteiger partial charge is 0.0795 e. The molecule has 5 heteroatoms. The van der Waals surface area contributed by atoms with Gasteiger partial charge in [-0.3, -0.25) is 0 Å². The number of hydrogen-bond acceptors (Lipinski definition) is 3. The van der Waals surface area contributed by atoms with E-state index in [0.717, 1.165) is 22.5 Å². The summed E-state index contributed by atoms with van der Waals surface area (Å²) in [7, 11) is -1.23. The molecule has 0 spiro atoms. The summed E-state index contributed by atoms with van der Waals surface area (Å²) in [4.78, 5) is 9.25. The molecule has 0 amide bonds. The molecule has 237 valence electrons. The van der Waals surface area contributed by atoms with Crippen molar-refractivity contribution in [1.82, 2.24) is 9.97 Å². The van der Waals surface area contributed by atoms with Crippen LogP contribution >= 0.6 is 11.3 Å². The van der Waals surface area contributed by atoms with Crippen molar-refractivity contribution in [2.75, 3.05) is 0 Å². The van der Waals surface area contributed by atoms with E-state index in [-0.39, 0.29) is 20.1 Å². The van der Waals surface area contributed by atoms with E-state index in [9.17, 15) is 0 Å². The Hall–Kier alpha value is -4.51. The van der Waals surface area contributed by atoms with Crippen LogP contribution in [0.1, 0.15) is 0 Å². The molecule has 0 saturated carbocycles. The Balaban J connectivity index is 0.000000201. The average molecular weight is 831 g/mol. The minimum atomic E-state index is -1.23. The Morgan fingerprint density at radius 3 is 2.02 bits per heavy atom. The zero-order chi connectivity index (χ0) is 32.2. The predicted octanol–water partition coefficient (Wildman–Crippen LogP) is 11.3. The first-order chi connectivity index (χ1) is 23.0. The first-order valence-electron chi connectivity index (χ1n) is 15.8. The Morgan fingerprint density at radius 1 is 0.625 bits per heavy atom. The van der Waals surface area contributed by atoms with Gasteiger partial charge in [-0.2, -0.15) is 11.3 Å². The fourth-order valence-corrected chi connectivity index (χ4v) is 8.00. The molecule has 3 aromatic heterocycles.